The molecule has 0 saturated heterocycles. The Kier molecular flexibility index (Phi) is 8.67. The van der Waals surface area contributed by atoms with Crippen molar-refractivity contribution in [2.75, 3.05) is 12.4 Å². The maximum absolute atomic E-state index is 11.8. The quantitative estimate of drug-likeness (QED) is 0.304. The Hall–Kier alpha value is -2.51. The van der Waals surface area contributed by atoms with Crippen LogP contribution in [0.3, 0.4) is 0 Å². The topological polar surface area (TPSA) is 84.5 Å². The highest BCUT2D eigenvalue weighted by Gasteiger charge is 2.09. The molecule has 2 rings (SSSR count). The molecule has 0 fully saturated rings. The summed E-state index contributed by atoms with van der Waals surface area (Å²) in [5, 5.41) is 0.682. The number of hydrogen-bond acceptors (Lipinski definition) is 5. The van der Waals surface area contributed by atoms with Gasteiger partial charge in [-0.3, -0.25) is 25.2 Å². The highest BCUT2D eigenvalue weighted by Crippen LogP contribution is 2.21. The molecule has 0 spiro atoms. The predicted octanol–water partition coefficient (Wildman–Crippen LogP) is 3.22. The van der Waals surface area contributed by atoms with Crippen LogP contribution in [0.1, 0.15) is 23.2 Å². The molecule has 0 aromatic heterocycles. The molecule has 0 saturated carbocycles. The van der Waals surface area contributed by atoms with Crippen molar-refractivity contribution in [3.05, 3.63) is 65.2 Å². The van der Waals surface area contributed by atoms with E-state index in [1.807, 2.05) is 24.3 Å². The third kappa shape index (κ3) is 8.15. The van der Waals surface area contributed by atoms with E-state index in [0.717, 1.165) is 10.6 Å². The first kappa shape index (κ1) is 20.8. The number of esters is 1. The number of carbonyl (C=O) groups excluding carboxylic acids is 3. The lowest BCUT2D eigenvalue weighted by Crippen LogP contribution is -2.43. The highest BCUT2D eigenvalue weighted by molar-refractivity contribution is 7.99. The number of thioether (sulfide) groups is 1. The standard InChI is InChI=1S/C19H19ClN2O4S/c20-15-8-10-16(11-9-15)27-12-4-7-18(24)26-13-17(23)21-22-19(25)14-5-2-1-3-6-14/h1-3,5-6,8-11H,4,7,12-13H2,(H,21,23)(H,22,25). The van der Waals surface area contributed by atoms with Gasteiger partial charge >= 0.3 is 5.97 Å². The van der Waals surface area contributed by atoms with E-state index in [0.29, 0.717) is 17.0 Å². The lowest BCUT2D eigenvalue weighted by atomic mass is 10.2. The maximum atomic E-state index is 11.8. The summed E-state index contributed by atoms with van der Waals surface area (Å²) in [6.45, 7) is -0.446. The molecular formula is C19H19ClN2O4S. The number of ether oxygens (including phenoxy) is 1. The highest BCUT2D eigenvalue weighted by atomic mass is 35.5. The number of hydrazine groups is 1. The van der Waals surface area contributed by atoms with E-state index < -0.39 is 24.4 Å². The van der Waals surface area contributed by atoms with Crippen molar-refractivity contribution >= 4 is 41.1 Å². The third-order valence-electron chi connectivity index (χ3n) is 3.32. The zero-order valence-electron chi connectivity index (χ0n) is 14.4. The second-order valence-corrected chi connectivity index (χ2v) is 7.04. The third-order valence-corrected chi connectivity index (χ3v) is 4.67. The molecular weight excluding hydrogens is 388 g/mol. The zero-order chi connectivity index (χ0) is 19.5. The van der Waals surface area contributed by atoms with Crippen LogP contribution in [0, 0.1) is 0 Å². The zero-order valence-corrected chi connectivity index (χ0v) is 16.0. The molecule has 6 nitrogen and oxygen atoms in total. The van der Waals surface area contributed by atoms with Gasteiger partial charge in [-0.2, -0.15) is 0 Å². The molecule has 8 heteroatoms. The van der Waals surface area contributed by atoms with E-state index in [2.05, 4.69) is 10.9 Å². The molecule has 0 unspecified atom stereocenters. The molecule has 2 N–H and O–H groups in total. The maximum Gasteiger partial charge on any atom is 0.306 e. The summed E-state index contributed by atoms with van der Waals surface area (Å²) in [6, 6.07) is 15.9. The Labute approximate surface area is 166 Å². The van der Waals surface area contributed by atoms with Gasteiger partial charge in [-0.15, -0.1) is 11.8 Å². The molecule has 2 amide bonds. The van der Waals surface area contributed by atoms with Crippen LogP contribution in [0.25, 0.3) is 0 Å². The Morgan fingerprint density at radius 3 is 2.37 bits per heavy atom. The SMILES string of the molecule is O=C(COC(=O)CCCSc1ccc(Cl)cc1)NNC(=O)c1ccccc1. The van der Waals surface area contributed by atoms with E-state index in [-0.39, 0.29) is 6.42 Å². The van der Waals surface area contributed by atoms with Gasteiger partial charge in [0.25, 0.3) is 11.8 Å². The summed E-state index contributed by atoms with van der Waals surface area (Å²) in [5.41, 5.74) is 4.86. The van der Waals surface area contributed by atoms with Crippen molar-refractivity contribution in [3.8, 4) is 0 Å². The van der Waals surface area contributed by atoms with Crippen molar-refractivity contribution in [1.82, 2.24) is 10.9 Å². The smallest absolute Gasteiger partial charge is 0.306 e. The van der Waals surface area contributed by atoms with E-state index in [9.17, 15) is 14.4 Å². The van der Waals surface area contributed by atoms with Crippen LogP contribution in [0.2, 0.25) is 5.02 Å². The fourth-order valence-electron chi connectivity index (χ4n) is 1.98. The van der Waals surface area contributed by atoms with E-state index >= 15 is 0 Å². The van der Waals surface area contributed by atoms with Gasteiger partial charge in [0.1, 0.15) is 0 Å². The van der Waals surface area contributed by atoms with Crippen LogP contribution in [-0.4, -0.2) is 30.1 Å². The summed E-state index contributed by atoms with van der Waals surface area (Å²) < 4.78 is 4.88. The molecule has 2 aromatic carbocycles. The molecule has 0 radical (unpaired) electrons. The van der Waals surface area contributed by atoms with Gasteiger partial charge < -0.3 is 4.74 Å². The molecule has 0 atom stereocenters. The van der Waals surface area contributed by atoms with Gasteiger partial charge in [0.2, 0.25) is 0 Å². The molecule has 0 bridgehead atoms. The number of nitrogens with one attached hydrogen (secondary N) is 2. The molecule has 0 aliphatic rings. The molecule has 142 valence electrons. The van der Waals surface area contributed by atoms with Crippen LogP contribution < -0.4 is 10.9 Å². The van der Waals surface area contributed by atoms with Crippen molar-refractivity contribution in [1.29, 1.82) is 0 Å². The van der Waals surface area contributed by atoms with Crippen molar-refractivity contribution < 1.29 is 19.1 Å². The molecule has 0 aliphatic carbocycles. The lowest BCUT2D eigenvalue weighted by molar-refractivity contribution is -0.148. The van der Waals surface area contributed by atoms with E-state index in [4.69, 9.17) is 16.3 Å². The van der Waals surface area contributed by atoms with Gasteiger partial charge in [-0.1, -0.05) is 29.8 Å². The van der Waals surface area contributed by atoms with Gasteiger partial charge in [0.15, 0.2) is 6.61 Å². The first-order chi connectivity index (χ1) is 13.0. The number of benzene rings is 2. The van der Waals surface area contributed by atoms with Crippen molar-refractivity contribution in [2.24, 2.45) is 0 Å². The van der Waals surface area contributed by atoms with Crippen LogP contribution in [0.4, 0.5) is 0 Å². The van der Waals surface area contributed by atoms with Gasteiger partial charge in [-0.05, 0) is 48.6 Å². The van der Waals surface area contributed by atoms with Gasteiger partial charge in [0, 0.05) is 21.9 Å². The Morgan fingerprint density at radius 2 is 1.67 bits per heavy atom. The molecule has 0 aliphatic heterocycles. The average molecular weight is 407 g/mol. The van der Waals surface area contributed by atoms with Gasteiger partial charge in [-0.25, -0.2) is 0 Å². The average Bonchev–Trinajstić information content (AvgIpc) is 2.69. The van der Waals surface area contributed by atoms with Crippen molar-refractivity contribution in [3.63, 3.8) is 0 Å². The van der Waals surface area contributed by atoms with Crippen LogP contribution in [0.15, 0.2) is 59.5 Å². The summed E-state index contributed by atoms with van der Waals surface area (Å²) in [4.78, 5) is 36.1. The number of hydrogen-bond donors (Lipinski definition) is 2. The summed E-state index contributed by atoms with van der Waals surface area (Å²) >= 11 is 7.43. The Morgan fingerprint density at radius 1 is 0.963 bits per heavy atom. The fourth-order valence-corrected chi connectivity index (χ4v) is 2.96. The molecule has 27 heavy (non-hydrogen) atoms. The first-order valence-corrected chi connectivity index (χ1v) is 9.59. The lowest BCUT2D eigenvalue weighted by Gasteiger charge is -2.08. The van der Waals surface area contributed by atoms with Crippen LogP contribution >= 0.6 is 23.4 Å². The fraction of sp³-hybridized carbons (Fsp3) is 0.211. The second-order valence-electron chi connectivity index (χ2n) is 5.43. The monoisotopic (exact) mass is 406 g/mol. The summed E-state index contributed by atoms with van der Waals surface area (Å²) in [7, 11) is 0. The van der Waals surface area contributed by atoms with Crippen molar-refractivity contribution in [2.45, 2.75) is 17.7 Å². The minimum Gasteiger partial charge on any atom is -0.455 e. The largest absolute Gasteiger partial charge is 0.455 e. The van der Waals surface area contributed by atoms with E-state index in [1.54, 1.807) is 42.1 Å². The Bertz CT molecular complexity index is 769. The Balaban J connectivity index is 1.56. The van der Waals surface area contributed by atoms with E-state index in [1.165, 1.54) is 0 Å². The number of halogens is 1. The second kappa shape index (κ2) is 11.3. The normalized spacial score (nSPS) is 10.1. The predicted molar refractivity (Wildman–Crippen MR) is 104 cm³/mol. The molecule has 0 heterocycles. The summed E-state index contributed by atoms with van der Waals surface area (Å²) in [6.07, 6.45) is 0.836. The summed E-state index contributed by atoms with van der Waals surface area (Å²) in [5.74, 6) is -0.773. The van der Waals surface area contributed by atoms with Gasteiger partial charge in [0.05, 0.1) is 0 Å². The van der Waals surface area contributed by atoms with Crippen LogP contribution in [0.5, 0.6) is 0 Å². The minimum absolute atomic E-state index is 0.213. The molecule has 2 aromatic rings. The minimum atomic E-state index is -0.608. The number of rotatable bonds is 8. The number of carbonyl (C=O) groups is 3. The van der Waals surface area contributed by atoms with Crippen LogP contribution in [-0.2, 0) is 14.3 Å². The first-order valence-electron chi connectivity index (χ1n) is 8.23. The number of amides is 2.